The average molecular weight is 247 g/mol. The quantitative estimate of drug-likeness (QED) is 0.835. The second-order valence-electron chi connectivity index (χ2n) is 5.19. The van der Waals surface area contributed by atoms with Crippen molar-refractivity contribution in [1.29, 1.82) is 0 Å². The molecule has 0 bridgehead atoms. The van der Waals surface area contributed by atoms with Crippen LogP contribution in [0.1, 0.15) is 24.8 Å². The third-order valence-electron chi connectivity index (χ3n) is 3.78. The van der Waals surface area contributed by atoms with E-state index < -0.39 is 0 Å². The van der Waals surface area contributed by atoms with E-state index in [2.05, 4.69) is 41.1 Å². The third-order valence-corrected chi connectivity index (χ3v) is 3.78. The first kappa shape index (κ1) is 13.4. The van der Waals surface area contributed by atoms with Gasteiger partial charge in [0, 0.05) is 25.8 Å². The monoisotopic (exact) mass is 247 g/mol. The van der Waals surface area contributed by atoms with Gasteiger partial charge in [-0.25, -0.2) is 0 Å². The standard InChI is InChI=1S/C15H25N3/c1-17(9-4-12-18-10-2-3-11-18)15-7-5-14(13-16)6-8-15/h5-8H,2-4,9-13,16H2,1H3. The van der Waals surface area contributed by atoms with Crippen molar-refractivity contribution in [2.24, 2.45) is 5.73 Å². The van der Waals surface area contributed by atoms with Crippen molar-refractivity contribution in [3.63, 3.8) is 0 Å². The number of anilines is 1. The molecule has 1 saturated heterocycles. The molecule has 0 spiro atoms. The Balaban J connectivity index is 1.74. The smallest absolute Gasteiger partial charge is 0.0363 e. The van der Waals surface area contributed by atoms with Crippen molar-refractivity contribution in [1.82, 2.24) is 4.90 Å². The molecule has 0 aromatic heterocycles. The molecule has 0 unspecified atom stereocenters. The van der Waals surface area contributed by atoms with Gasteiger partial charge in [0.25, 0.3) is 0 Å². The lowest BCUT2D eigenvalue weighted by atomic mass is 10.2. The summed E-state index contributed by atoms with van der Waals surface area (Å²) in [5.41, 5.74) is 8.09. The van der Waals surface area contributed by atoms with Crippen LogP contribution in [0.5, 0.6) is 0 Å². The van der Waals surface area contributed by atoms with E-state index in [0.29, 0.717) is 6.54 Å². The molecule has 3 heteroatoms. The van der Waals surface area contributed by atoms with E-state index in [1.54, 1.807) is 0 Å². The molecule has 18 heavy (non-hydrogen) atoms. The number of nitrogens with two attached hydrogens (primary N) is 1. The first-order valence-electron chi connectivity index (χ1n) is 7.02. The molecule has 1 heterocycles. The van der Waals surface area contributed by atoms with Gasteiger partial charge < -0.3 is 15.5 Å². The minimum absolute atomic E-state index is 0.624. The molecule has 1 fully saturated rings. The van der Waals surface area contributed by atoms with Gasteiger partial charge in [-0.1, -0.05) is 12.1 Å². The molecular formula is C15H25N3. The molecule has 3 nitrogen and oxygen atoms in total. The minimum Gasteiger partial charge on any atom is -0.375 e. The largest absolute Gasteiger partial charge is 0.375 e. The molecular weight excluding hydrogens is 222 g/mol. The summed E-state index contributed by atoms with van der Waals surface area (Å²) in [6.07, 6.45) is 4.02. The molecule has 0 amide bonds. The van der Waals surface area contributed by atoms with Crippen molar-refractivity contribution in [3.05, 3.63) is 29.8 Å². The number of hydrogen-bond acceptors (Lipinski definition) is 3. The maximum absolute atomic E-state index is 5.61. The van der Waals surface area contributed by atoms with Crippen LogP contribution in [0.25, 0.3) is 0 Å². The third kappa shape index (κ3) is 3.72. The van der Waals surface area contributed by atoms with E-state index in [9.17, 15) is 0 Å². The first-order chi connectivity index (χ1) is 8.79. The number of rotatable bonds is 6. The zero-order valence-corrected chi connectivity index (χ0v) is 11.4. The molecule has 0 atom stereocenters. The van der Waals surface area contributed by atoms with Gasteiger partial charge in [0.1, 0.15) is 0 Å². The van der Waals surface area contributed by atoms with Crippen molar-refractivity contribution in [2.45, 2.75) is 25.8 Å². The Morgan fingerprint density at radius 2 is 1.83 bits per heavy atom. The fourth-order valence-corrected chi connectivity index (χ4v) is 2.55. The normalized spacial score (nSPS) is 16.1. The highest BCUT2D eigenvalue weighted by molar-refractivity contribution is 5.46. The molecule has 1 aliphatic heterocycles. The van der Waals surface area contributed by atoms with Gasteiger partial charge in [0.15, 0.2) is 0 Å². The molecule has 1 aliphatic rings. The molecule has 100 valence electrons. The Morgan fingerprint density at radius 3 is 2.44 bits per heavy atom. The van der Waals surface area contributed by atoms with Crippen LogP contribution in [0.15, 0.2) is 24.3 Å². The first-order valence-corrected chi connectivity index (χ1v) is 7.02. The second kappa shape index (κ2) is 6.76. The van der Waals surface area contributed by atoms with E-state index in [1.165, 1.54) is 50.1 Å². The summed E-state index contributed by atoms with van der Waals surface area (Å²) in [5.74, 6) is 0. The fraction of sp³-hybridized carbons (Fsp3) is 0.600. The Hall–Kier alpha value is -1.06. The number of likely N-dealkylation sites (tertiary alicyclic amines) is 1. The lowest BCUT2D eigenvalue weighted by molar-refractivity contribution is 0.335. The van der Waals surface area contributed by atoms with Gasteiger partial charge in [-0.05, 0) is 56.6 Å². The highest BCUT2D eigenvalue weighted by Crippen LogP contribution is 2.14. The Labute approximate surface area is 111 Å². The predicted molar refractivity (Wildman–Crippen MR) is 77.9 cm³/mol. The van der Waals surface area contributed by atoms with Crippen LogP contribution in [0.3, 0.4) is 0 Å². The molecule has 0 saturated carbocycles. The predicted octanol–water partition coefficient (Wildman–Crippen LogP) is 2.07. The van der Waals surface area contributed by atoms with E-state index in [0.717, 1.165) is 6.54 Å². The Morgan fingerprint density at radius 1 is 1.17 bits per heavy atom. The van der Waals surface area contributed by atoms with E-state index in [-0.39, 0.29) is 0 Å². The number of benzene rings is 1. The number of hydrogen-bond donors (Lipinski definition) is 1. The molecule has 0 radical (unpaired) electrons. The maximum Gasteiger partial charge on any atom is 0.0363 e. The number of nitrogens with zero attached hydrogens (tertiary/aromatic N) is 2. The summed E-state index contributed by atoms with van der Waals surface area (Å²) >= 11 is 0. The maximum atomic E-state index is 5.61. The summed E-state index contributed by atoms with van der Waals surface area (Å²) < 4.78 is 0. The zero-order valence-electron chi connectivity index (χ0n) is 11.4. The van der Waals surface area contributed by atoms with Gasteiger partial charge in [-0.15, -0.1) is 0 Å². The second-order valence-corrected chi connectivity index (χ2v) is 5.19. The van der Waals surface area contributed by atoms with Gasteiger partial charge in [-0.2, -0.15) is 0 Å². The lowest BCUT2D eigenvalue weighted by Crippen LogP contribution is -2.26. The van der Waals surface area contributed by atoms with E-state index in [4.69, 9.17) is 5.73 Å². The van der Waals surface area contributed by atoms with E-state index >= 15 is 0 Å². The molecule has 2 N–H and O–H groups in total. The highest BCUT2D eigenvalue weighted by atomic mass is 15.1. The minimum atomic E-state index is 0.624. The van der Waals surface area contributed by atoms with Gasteiger partial charge >= 0.3 is 0 Å². The van der Waals surface area contributed by atoms with E-state index in [1.807, 2.05) is 0 Å². The molecule has 0 aliphatic carbocycles. The summed E-state index contributed by atoms with van der Waals surface area (Å²) in [7, 11) is 2.17. The van der Waals surface area contributed by atoms with Crippen LogP contribution >= 0.6 is 0 Å². The van der Waals surface area contributed by atoms with Crippen LogP contribution in [0.2, 0.25) is 0 Å². The van der Waals surface area contributed by atoms with Crippen molar-refractivity contribution < 1.29 is 0 Å². The fourth-order valence-electron chi connectivity index (χ4n) is 2.55. The summed E-state index contributed by atoms with van der Waals surface area (Å²) in [4.78, 5) is 4.90. The van der Waals surface area contributed by atoms with Crippen molar-refractivity contribution in [2.75, 3.05) is 38.1 Å². The van der Waals surface area contributed by atoms with Gasteiger partial charge in [0.2, 0.25) is 0 Å². The molecule has 1 aromatic carbocycles. The van der Waals surface area contributed by atoms with Crippen LogP contribution in [-0.2, 0) is 6.54 Å². The zero-order chi connectivity index (χ0) is 12.8. The van der Waals surface area contributed by atoms with Crippen LogP contribution in [0.4, 0.5) is 5.69 Å². The Kier molecular flexibility index (Phi) is 5.02. The summed E-state index contributed by atoms with van der Waals surface area (Å²) in [6.45, 7) is 5.59. The van der Waals surface area contributed by atoms with Crippen molar-refractivity contribution in [3.8, 4) is 0 Å². The highest BCUT2D eigenvalue weighted by Gasteiger charge is 2.10. The summed E-state index contributed by atoms with van der Waals surface area (Å²) in [5, 5.41) is 0. The molecule has 2 rings (SSSR count). The average Bonchev–Trinajstić information content (AvgIpc) is 2.92. The van der Waals surface area contributed by atoms with Gasteiger partial charge in [0.05, 0.1) is 0 Å². The SMILES string of the molecule is CN(CCCN1CCCC1)c1ccc(CN)cc1. The summed E-state index contributed by atoms with van der Waals surface area (Å²) in [6, 6.07) is 8.56. The molecule has 1 aromatic rings. The topological polar surface area (TPSA) is 32.5 Å². The van der Waals surface area contributed by atoms with Crippen LogP contribution in [0, 0.1) is 0 Å². The van der Waals surface area contributed by atoms with Crippen LogP contribution in [-0.4, -0.2) is 38.1 Å². The lowest BCUT2D eigenvalue weighted by Gasteiger charge is -2.21. The van der Waals surface area contributed by atoms with Gasteiger partial charge in [-0.3, -0.25) is 0 Å². The van der Waals surface area contributed by atoms with Crippen molar-refractivity contribution >= 4 is 5.69 Å². The van der Waals surface area contributed by atoms with Crippen LogP contribution < -0.4 is 10.6 Å². The Bertz CT molecular complexity index is 341.